The van der Waals surface area contributed by atoms with E-state index in [1.165, 1.54) is 19.2 Å². The molecule has 0 radical (unpaired) electrons. The molecule has 1 aromatic heterocycles. The van der Waals surface area contributed by atoms with Gasteiger partial charge in [-0.25, -0.2) is 4.39 Å². The number of hydrogen-bond donors (Lipinski definition) is 3. The molecule has 0 atom stereocenters. The summed E-state index contributed by atoms with van der Waals surface area (Å²) in [6.45, 7) is 0.401. The van der Waals surface area contributed by atoms with E-state index < -0.39 is 5.82 Å². The lowest BCUT2D eigenvalue weighted by Crippen LogP contribution is -2.05. The van der Waals surface area contributed by atoms with Crippen LogP contribution in [-0.2, 0) is 6.54 Å². The Bertz CT molecular complexity index is 609. The number of rotatable bonds is 4. The van der Waals surface area contributed by atoms with E-state index in [1.54, 1.807) is 5.38 Å². The van der Waals surface area contributed by atoms with Gasteiger partial charge in [0.05, 0.1) is 25.0 Å². The third kappa shape index (κ3) is 2.62. The number of methoxy groups -OCH3 is 1. The highest BCUT2D eigenvalue weighted by Crippen LogP contribution is 2.28. The summed E-state index contributed by atoms with van der Waals surface area (Å²) in [7, 11) is 1.38. The molecular formula is C11H12FN3O2S. The molecule has 4 N–H and O–H groups in total. The van der Waals surface area contributed by atoms with Gasteiger partial charge in [0.15, 0.2) is 11.6 Å². The SMILES string of the molecule is COc1cc(NCc2csc(=O)[nH]2)c(N)cc1F. The van der Waals surface area contributed by atoms with Crippen molar-refractivity contribution >= 4 is 22.7 Å². The summed E-state index contributed by atoms with van der Waals surface area (Å²) in [6, 6.07) is 2.67. The highest BCUT2D eigenvalue weighted by molar-refractivity contribution is 7.07. The number of aromatic nitrogens is 1. The van der Waals surface area contributed by atoms with Crippen LogP contribution in [0.4, 0.5) is 15.8 Å². The molecule has 5 nitrogen and oxygen atoms in total. The van der Waals surface area contributed by atoms with Crippen LogP contribution in [-0.4, -0.2) is 12.1 Å². The molecule has 1 aromatic carbocycles. The second kappa shape index (κ2) is 5.09. The van der Waals surface area contributed by atoms with Crippen molar-refractivity contribution in [3.05, 3.63) is 38.7 Å². The van der Waals surface area contributed by atoms with Crippen LogP contribution in [0.3, 0.4) is 0 Å². The largest absolute Gasteiger partial charge is 0.494 e. The average molecular weight is 269 g/mol. The molecule has 7 heteroatoms. The lowest BCUT2D eigenvalue weighted by molar-refractivity contribution is 0.387. The van der Waals surface area contributed by atoms with Gasteiger partial charge < -0.3 is 20.8 Å². The lowest BCUT2D eigenvalue weighted by atomic mass is 10.2. The number of H-pyrrole nitrogens is 1. The summed E-state index contributed by atoms with van der Waals surface area (Å²) >= 11 is 1.09. The van der Waals surface area contributed by atoms with Crippen LogP contribution < -0.4 is 20.7 Å². The van der Waals surface area contributed by atoms with E-state index in [0.717, 1.165) is 17.0 Å². The molecule has 0 amide bonds. The number of thiazole rings is 1. The van der Waals surface area contributed by atoms with Crippen molar-refractivity contribution in [2.45, 2.75) is 6.54 Å². The number of hydrogen-bond acceptors (Lipinski definition) is 5. The van der Waals surface area contributed by atoms with Crippen LogP contribution in [0.5, 0.6) is 5.75 Å². The summed E-state index contributed by atoms with van der Waals surface area (Å²) in [5.74, 6) is -0.394. The van der Waals surface area contributed by atoms with Crippen molar-refractivity contribution in [3.8, 4) is 5.75 Å². The molecule has 2 aromatic rings. The first-order chi connectivity index (χ1) is 8.60. The van der Waals surface area contributed by atoms with Crippen molar-refractivity contribution in [1.29, 1.82) is 0 Å². The summed E-state index contributed by atoms with van der Waals surface area (Å²) in [5.41, 5.74) is 7.27. The Morgan fingerprint density at radius 1 is 1.56 bits per heavy atom. The normalized spacial score (nSPS) is 10.3. The van der Waals surface area contributed by atoms with Crippen LogP contribution in [0.1, 0.15) is 5.69 Å². The van der Waals surface area contributed by atoms with Crippen molar-refractivity contribution in [2.75, 3.05) is 18.2 Å². The molecule has 0 aliphatic heterocycles. The van der Waals surface area contributed by atoms with Gasteiger partial charge >= 0.3 is 4.87 Å². The molecule has 0 saturated carbocycles. The Labute approximate surface area is 106 Å². The van der Waals surface area contributed by atoms with E-state index in [4.69, 9.17) is 10.5 Å². The number of nitrogens with one attached hydrogen (secondary N) is 2. The van der Waals surface area contributed by atoms with Crippen molar-refractivity contribution in [1.82, 2.24) is 4.98 Å². The predicted octanol–water partition coefficient (Wildman–Crippen LogP) is 1.78. The third-order valence-electron chi connectivity index (χ3n) is 2.36. The van der Waals surface area contributed by atoms with Crippen molar-refractivity contribution in [2.24, 2.45) is 0 Å². The first kappa shape index (κ1) is 12.4. The number of halogens is 1. The molecule has 0 fully saturated rings. The molecule has 96 valence electrons. The van der Waals surface area contributed by atoms with E-state index in [0.29, 0.717) is 12.2 Å². The first-order valence-corrected chi connectivity index (χ1v) is 6.01. The molecule has 0 aliphatic rings. The van der Waals surface area contributed by atoms with E-state index in [2.05, 4.69) is 10.3 Å². The zero-order valence-corrected chi connectivity index (χ0v) is 10.4. The number of benzene rings is 1. The van der Waals surface area contributed by atoms with E-state index in [9.17, 15) is 9.18 Å². The number of nitrogen functional groups attached to an aromatic ring is 1. The molecule has 0 saturated heterocycles. The van der Waals surface area contributed by atoms with Gasteiger partial charge in [-0.1, -0.05) is 11.3 Å². The van der Waals surface area contributed by atoms with Gasteiger partial charge in [0.25, 0.3) is 0 Å². The predicted molar refractivity (Wildman–Crippen MR) is 69.6 cm³/mol. The maximum Gasteiger partial charge on any atom is 0.304 e. The van der Waals surface area contributed by atoms with Crippen LogP contribution in [0.15, 0.2) is 22.3 Å². The van der Waals surface area contributed by atoms with Crippen LogP contribution in [0, 0.1) is 5.82 Å². The zero-order chi connectivity index (χ0) is 13.1. The number of aromatic amines is 1. The van der Waals surface area contributed by atoms with Gasteiger partial charge in [-0.15, -0.1) is 0 Å². The molecular weight excluding hydrogens is 257 g/mol. The van der Waals surface area contributed by atoms with Crippen LogP contribution in [0.25, 0.3) is 0 Å². The quantitative estimate of drug-likeness (QED) is 0.739. The Morgan fingerprint density at radius 2 is 2.33 bits per heavy atom. The van der Waals surface area contributed by atoms with Crippen LogP contribution in [0.2, 0.25) is 0 Å². The van der Waals surface area contributed by atoms with E-state index >= 15 is 0 Å². The summed E-state index contributed by atoms with van der Waals surface area (Å²) in [6.07, 6.45) is 0. The summed E-state index contributed by atoms with van der Waals surface area (Å²) in [5, 5.41) is 4.72. The van der Waals surface area contributed by atoms with Crippen LogP contribution >= 0.6 is 11.3 Å². The monoisotopic (exact) mass is 269 g/mol. The van der Waals surface area contributed by atoms with Gasteiger partial charge in [-0.3, -0.25) is 4.79 Å². The standard InChI is InChI=1S/C11H12FN3O2S/c1-17-10-3-9(8(13)2-7(10)12)14-4-6-5-18-11(16)15-6/h2-3,5,14H,4,13H2,1H3,(H,15,16). The topological polar surface area (TPSA) is 80.1 Å². The second-order valence-electron chi connectivity index (χ2n) is 3.60. The molecule has 0 bridgehead atoms. The minimum atomic E-state index is -0.510. The lowest BCUT2D eigenvalue weighted by Gasteiger charge is -2.11. The van der Waals surface area contributed by atoms with Gasteiger partial charge in [-0.2, -0.15) is 0 Å². The smallest absolute Gasteiger partial charge is 0.304 e. The Hall–Kier alpha value is -2.02. The fourth-order valence-electron chi connectivity index (χ4n) is 1.47. The molecule has 1 heterocycles. The van der Waals surface area contributed by atoms with E-state index in [1.807, 2.05) is 0 Å². The van der Waals surface area contributed by atoms with Gasteiger partial charge in [0.2, 0.25) is 0 Å². The fourth-order valence-corrected chi connectivity index (χ4v) is 2.05. The number of anilines is 2. The van der Waals surface area contributed by atoms with E-state index in [-0.39, 0.29) is 16.3 Å². The zero-order valence-electron chi connectivity index (χ0n) is 9.62. The van der Waals surface area contributed by atoms with Gasteiger partial charge in [0, 0.05) is 23.2 Å². The Balaban J connectivity index is 2.16. The Kier molecular flexibility index (Phi) is 3.52. The first-order valence-electron chi connectivity index (χ1n) is 5.13. The maximum absolute atomic E-state index is 13.3. The molecule has 2 rings (SSSR count). The minimum absolute atomic E-state index is 0.114. The summed E-state index contributed by atoms with van der Waals surface area (Å²) < 4.78 is 18.2. The van der Waals surface area contributed by atoms with Gasteiger partial charge in [0.1, 0.15) is 0 Å². The molecule has 0 unspecified atom stereocenters. The molecule has 18 heavy (non-hydrogen) atoms. The van der Waals surface area contributed by atoms with Crippen molar-refractivity contribution < 1.29 is 9.13 Å². The van der Waals surface area contributed by atoms with Gasteiger partial charge in [-0.05, 0) is 0 Å². The number of nitrogens with two attached hydrogens (primary N) is 1. The summed E-state index contributed by atoms with van der Waals surface area (Å²) in [4.78, 5) is 13.5. The maximum atomic E-state index is 13.3. The van der Waals surface area contributed by atoms with Crippen molar-refractivity contribution in [3.63, 3.8) is 0 Å². The second-order valence-corrected chi connectivity index (χ2v) is 4.44. The molecule has 0 aliphatic carbocycles. The highest BCUT2D eigenvalue weighted by atomic mass is 32.1. The molecule has 0 spiro atoms. The third-order valence-corrected chi connectivity index (χ3v) is 3.08. The fraction of sp³-hybridized carbons (Fsp3) is 0.182. The Morgan fingerprint density at radius 3 is 2.94 bits per heavy atom. The number of ether oxygens (including phenoxy) is 1. The highest BCUT2D eigenvalue weighted by Gasteiger charge is 2.08. The minimum Gasteiger partial charge on any atom is -0.494 e. The average Bonchev–Trinajstić information content (AvgIpc) is 2.74.